The number of nitrogens with one attached hydrogen (secondary N) is 2. The van der Waals surface area contributed by atoms with Crippen LogP contribution in [-0.2, 0) is 11.2 Å². The number of aromatic hydroxyl groups is 1. The van der Waals surface area contributed by atoms with Gasteiger partial charge in [-0.1, -0.05) is 29.8 Å². The second-order valence-corrected chi connectivity index (χ2v) is 6.86. The van der Waals surface area contributed by atoms with Crippen LogP contribution in [0.4, 0.5) is 5.69 Å². The lowest BCUT2D eigenvalue weighted by molar-refractivity contribution is -0.117. The maximum Gasteiger partial charge on any atom is 0.249 e. The highest BCUT2D eigenvalue weighted by atomic mass is 35.5. The van der Waals surface area contributed by atoms with E-state index in [2.05, 4.69) is 15.3 Å². The first-order valence-electron chi connectivity index (χ1n) is 8.66. The minimum Gasteiger partial charge on any atom is -0.508 e. The van der Waals surface area contributed by atoms with Gasteiger partial charge in [-0.2, -0.15) is 0 Å². The van der Waals surface area contributed by atoms with Crippen molar-refractivity contribution in [3.05, 3.63) is 92.9 Å². The molecule has 0 saturated carbocycles. The van der Waals surface area contributed by atoms with E-state index in [-0.39, 0.29) is 17.2 Å². The standard InChI is InChI=1S/C21H16ClN3O3/c22-16-4-2-1-3-12(16)9-18-21(28)25-17-7-6-14(26)10-15(17)20(24-18)13-5-8-19(27)23-11-13/h1-8,10-11,18,26H,9H2,(H,23,27)(H,25,28). The van der Waals surface area contributed by atoms with Crippen molar-refractivity contribution in [1.29, 1.82) is 0 Å². The normalized spacial score (nSPS) is 16.0. The molecule has 1 amide bonds. The molecule has 3 aromatic rings. The Morgan fingerprint density at radius 2 is 1.89 bits per heavy atom. The third-order valence-electron chi connectivity index (χ3n) is 4.53. The zero-order valence-corrected chi connectivity index (χ0v) is 15.4. The number of hydrogen-bond acceptors (Lipinski definition) is 4. The molecule has 0 radical (unpaired) electrons. The third-order valence-corrected chi connectivity index (χ3v) is 4.90. The number of benzene rings is 2. The quantitative estimate of drug-likeness (QED) is 0.596. The van der Waals surface area contributed by atoms with Crippen LogP contribution >= 0.6 is 11.6 Å². The summed E-state index contributed by atoms with van der Waals surface area (Å²) < 4.78 is 0. The molecule has 7 heteroatoms. The molecule has 2 aromatic carbocycles. The predicted octanol–water partition coefficient (Wildman–Crippen LogP) is 3.13. The monoisotopic (exact) mass is 393 g/mol. The van der Waals surface area contributed by atoms with Gasteiger partial charge in [0.2, 0.25) is 11.5 Å². The Morgan fingerprint density at radius 1 is 1.07 bits per heavy atom. The van der Waals surface area contributed by atoms with E-state index in [1.165, 1.54) is 24.4 Å². The Labute approximate surface area is 165 Å². The number of benzodiazepines with no additional fused rings is 1. The van der Waals surface area contributed by atoms with Gasteiger partial charge in [0.1, 0.15) is 11.8 Å². The van der Waals surface area contributed by atoms with E-state index in [1.54, 1.807) is 18.2 Å². The smallest absolute Gasteiger partial charge is 0.249 e. The van der Waals surface area contributed by atoms with E-state index < -0.39 is 6.04 Å². The van der Waals surface area contributed by atoms with Gasteiger partial charge in [0.05, 0.1) is 11.4 Å². The topological polar surface area (TPSA) is 94.5 Å². The molecule has 1 aliphatic rings. The Bertz CT molecular complexity index is 1130. The molecule has 0 aliphatic carbocycles. The van der Waals surface area contributed by atoms with Crippen LogP contribution in [0.25, 0.3) is 0 Å². The van der Waals surface area contributed by atoms with E-state index in [0.29, 0.717) is 34.0 Å². The van der Waals surface area contributed by atoms with Crippen molar-refractivity contribution in [3.8, 4) is 5.75 Å². The van der Waals surface area contributed by atoms with E-state index >= 15 is 0 Å². The summed E-state index contributed by atoms with van der Waals surface area (Å²) in [5, 5.41) is 13.4. The van der Waals surface area contributed by atoms with Crippen LogP contribution in [0.1, 0.15) is 16.7 Å². The van der Waals surface area contributed by atoms with Gasteiger partial charge in [-0.15, -0.1) is 0 Å². The minimum atomic E-state index is -0.726. The molecule has 6 nitrogen and oxygen atoms in total. The number of anilines is 1. The third kappa shape index (κ3) is 3.54. The summed E-state index contributed by atoms with van der Waals surface area (Å²) in [5.41, 5.74) is 2.81. The van der Waals surface area contributed by atoms with Gasteiger partial charge in [-0.3, -0.25) is 14.6 Å². The second-order valence-electron chi connectivity index (χ2n) is 6.45. The number of fused-ring (bicyclic) bond motifs is 1. The number of amides is 1. The highest BCUT2D eigenvalue weighted by molar-refractivity contribution is 6.31. The largest absolute Gasteiger partial charge is 0.508 e. The van der Waals surface area contributed by atoms with Crippen LogP contribution in [0.3, 0.4) is 0 Å². The van der Waals surface area contributed by atoms with Crippen LogP contribution in [0, 0.1) is 0 Å². The summed E-state index contributed by atoms with van der Waals surface area (Å²) in [5.74, 6) is -0.221. The van der Waals surface area contributed by atoms with Gasteiger partial charge < -0.3 is 15.4 Å². The Hall–Kier alpha value is -3.38. The first kappa shape index (κ1) is 18.0. The van der Waals surface area contributed by atoms with Gasteiger partial charge in [0.25, 0.3) is 0 Å². The SMILES string of the molecule is O=C1Nc2ccc(O)cc2C(c2ccc(=O)[nH]c2)=NC1Cc1ccccc1Cl. The number of carbonyl (C=O) groups excluding carboxylic acids is 1. The molecule has 0 bridgehead atoms. The molecule has 28 heavy (non-hydrogen) atoms. The van der Waals surface area contributed by atoms with Gasteiger partial charge in [-0.05, 0) is 35.9 Å². The van der Waals surface area contributed by atoms with Crippen LogP contribution in [-0.4, -0.2) is 27.8 Å². The molecular formula is C21H16ClN3O3. The summed E-state index contributed by atoms with van der Waals surface area (Å²) in [6.07, 6.45) is 1.86. The van der Waals surface area contributed by atoms with Gasteiger partial charge in [0.15, 0.2) is 0 Å². The number of halogens is 1. The summed E-state index contributed by atoms with van der Waals surface area (Å²) in [6.45, 7) is 0. The first-order chi connectivity index (χ1) is 13.5. The summed E-state index contributed by atoms with van der Waals surface area (Å²) in [4.78, 5) is 31.6. The highest BCUT2D eigenvalue weighted by Crippen LogP contribution is 2.28. The Balaban J connectivity index is 1.85. The van der Waals surface area contributed by atoms with Crippen molar-refractivity contribution in [2.75, 3.05) is 5.32 Å². The molecular weight excluding hydrogens is 378 g/mol. The van der Waals surface area contributed by atoms with Crippen molar-refractivity contribution in [2.24, 2.45) is 4.99 Å². The molecule has 0 saturated heterocycles. The lowest BCUT2D eigenvalue weighted by atomic mass is 10.0. The first-order valence-corrected chi connectivity index (χ1v) is 9.03. The van der Waals surface area contributed by atoms with Crippen molar-refractivity contribution in [1.82, 2.24) is 4.98 Å². The summed E-state index contributed by atoms with van der Waals surface area (Å²) >= 11 is 6.26. The number of H-pyrrole nitrogens is 1. The molecule has 3 N–H and O–H groups in total. The van der Waals surface area contributed by atoms with Crippen LogP contribution < -0.4 is 10.9 Å². The van der Waals surface area contributed by atoms with Crippen LogP contribution in [0.15, 0.2) is 70.6 Å². The zero-order chi connectivity index (χ0) is 19.7. The molecule has 1 unspecified atom stereocenters. The lowest BCUT2D eigenvalue weighted by Crippen LogP contribution is -2.27. The number of hydrogen-bond donors (Lipinski definition) is 3. The molecule has 1 aliphatic heterocycles. The van der Waals surface area contributed by atoms with E-state index in [1.807, 2.05) is 18.2 Å². The number of nitrogens with zero attached hydrogens (tertiary/aromatic N) is 1. The number of aromatic nitrogens is 1. The van der Waals surface area contributed by atoms with Crippen molar-refractivity contribution >= 4 is 28.9 Å². The van der Waals surface area contributed by atoms with Gasteiger partial charge in [-0.25, -0.2) is 0 Å². The van der Waals surface area contributed by atoms with E-state index in [4.69, 9.17) is 11.6 Å². The lowest BCUT2D eigenvalue weighted by Gasteiger charge is -2.12. The van der Waals surface area contributed by atoms with E-state index in [9.17, 15) is 14.7 Å². The van der Waals surface area contributed by atoms with Crippen molar-refractivity contribution in [3.63, 3.8) is 0 Å². The van der Waals surface area contributed by atoms with Gasteiger partial charge in [0, 0.05) is 34.8 Å². The molecule has 0 spiro atoms. The van der Waals surface area contributed by atoms with Crippen LogP contribution in [0.5, 0.6) is 5.75 Å². The average molecular weight is 394 g/mol. The zero-order valence-electron chi connectivity index (χ0n) is 14.6. The van der Waals surface area contributed by atoms with E-state index in [0.717, 1.165) is 5.56 Å². The number of rotatable bonds is 3. The number of aliphatic imine (C=N–C) groups is 1. The number of carbonyl (C=O) groups is 1. The number of pyridine rings is 1. The maximum atomic E-state index is 12.8. The fraction of sp³-hybridized carbons (Fsp3) is 0.0952. The average Bonchev–Trinajstić information content (AvgIpc) is 2.81. The minimum absolute atomic E-state index is 0.0506. The molecule has 1 aromatic heterocycles. The maximum absolute atomic E-state index is 12.8. The Morgan fingerprint density at radius 3 is 2.64 bits per heavy atom. The molecule has 1 atom stereocenters. The fourth-order valence-corrected chi connectivity index (χ4v) is 3.35. The molecule has 2 heterocycles. The van der Waals surface area contributed by atoms with Crippen LogP contribution in [0.2, 0.25) is 5.02 Å². The number of phenolic OH excluding ortho intramolecular Hbond substituents is 1. The molecule has 0 fully saturated rings. The number of aromatic amines is 1. The summed E-state index contributed by atoms with van der Waals surface area (Å²) in [7, 11) is 0. The van der Waals surface area contributed by atoms with Crippen molar-refractivity contribution in [2.45, 2.75) is 12.5 Å². The second kappa shape index (κ2) is 7.32. The Kier molecular flexibility index (Phi) is 4.71. The molecule has 4 rings (SSSR count). The summed E-state index contributed by atoms with van der Waals surface area (Å²) in [6, 6.07) is 14.3. The van der Waals surface area contributed by atoms with Crippen molar-refractivity contribution < 1.29 is 9.90 Å². The number of phenols is 1. The predicted molar refractivity (Wildman–Crippen MR) is 108 cm³/mol. The fourth-order valence-electron chi connectivity index (χ4n) is 3.14. The highest BCUT2D eigenvalue weighted by Gasteiger charge is 2.27. The van der Waals surface area contributed by atoms with Gasteiger partial charge >= 0.3 is 0 Å². The molecule has 140 valence electrons.